The fraction of sp³-hybridized carbons (Fsp3) is 0.550. The van der Waals surface area contributed by atoms with Gasteiger partial charge in [0.1, 0.15) is 0 Å². The normalized spacial score (nSPS) is 27.3. The molecule has 1 amide bonds. The number of rotatable bonds is 3. The largest absolute Gasteiger partial charge is 0.374 e. The molecule has 3 rings (SSSR count). The van der Waals surface area contributed by atoms with E-state index in [1.807, 2.05) is 36.4 Å². The number of hydrogen-bond acceptors (Lipinski definition) is 3. The van der Waals surface area contributed by atoms with Crippen molar-refractivity contribution >= 4 is 14.2 Å². The van der Waals surface area contributed by atoms with Crippen molar-refractivity contribution in [3.05, 3.63) is 48.0 Å². The van der Waals surface area contributed by atoms with Gasteiger partial charge in [-0.25, -0.2) is 0 Å². The molecule has 1 saturated heterocycles. The molecule has 2 unspecified atom stereocenters. The van der Waals surface area contributed by atoms with Gasteiger partial charge >= 0.3 is 0 Å². The van der Waals surface area contributed by atoms with Gasteiger partial charge < -0.3 is 9.16 Å². The Labute approximate surface area is 151 Å². The van der Waals surface area contributed by atoms with Gasteiger partial charge in [0.15, 0.2) is 14.4 Å². The van der Waals surface area contributed by atoms with E-state index in [2.05, 4.69) is 39.9 Å². The lowest BCUT2D eigenvalue weighted by molar-refractivity contribution is -0.244. The van der Waals surface area contributed by atoms with Crippen LogP contribution in [0.5, 0.6) is 0 Å². The minimum atomic E-state index is -2.12. The van der Waals surface area contributed by atoms with E-state index in [1.54, 1.807) is 4.90 Å². The van der Waals surface area contributed by atoms with Gasteiger partial charge in [-0.3, -0.25) is 9.69 Å². The summed E-state index contributed by atoms with van der Waals surface area (Å²) in [6.45, 7) is 11.6. The van der Waals surface area contributed by atoms with E-state index in [4.69, 9.17) is 9.16 Å². The van der Waals surface area contributed by atoms with E-state index in [9.17, 15) is 4.79 Å². The van der Waals surface area contributed by atoms with Gasteiger partial charge in [0.25, 0.3) is 5.91 Å². The molecule has 2 heterocycles. The van der Waals surface area contributed by atoms with Crippen LogP contribution in [-0.2, 0) is 14.0 Å². The van der Waals surface area contributed by atoms with E-state index >= 15 is 0 Å². The van der Waals surface area contributed by atoms with E-state index < -0.39 is 20.3 Å². The Hall–Kier alpha value is -1.43. The molecule has 0 radical (unpaired) electrons. The topological polar surface area (TPSA) is 38.8 Å². The average molecular weight is 360 g/mol. The quantitative estimate of drug-likeness (QED) is 0.584. The molecule has 2 atom stereocenters. The van der Waals surface area contributed by atoms with Gasteiger partial charge in [0, 0.05) is 13.0 Å². The third kappa shape index (κ3) is 3.33. The van der Waals surface area contributed by atoms with Crippen LogP contribution in [0.3, 0.4) is 0 Å². The molecule has 25 heavy (non-hydrogen) atoms. The first kappa shape index (κ1) is 18.4. The van der Waals surface area contributed by atoms with Gasteiger partial charge in [-0.1, -0.05) is 63.3 Å². The molecule has 2 aliphatic rings. The van der Waals surface area contributed by atoms with Crippen LogP contribution >= 0.6 is 0 Å². The number of fused-ring (bicyclic) bond motifs is 1. The Bertz CT molecular complexity index is 665. The minimum Gasteiger partial charge on any atom is -0.374 e. The van der Waals surface area contributed by atoms with Crippen LogP contribution in [0.15, 0.2) is 42.5 Å². The first-order chi connectivity index (χ1) is 11.7. The molecule has 0 spiro atoms. The van der Waals surface area contributed by atoms with Crippen molar-refractivity contribution in [1.29, 1.82) is 0 Å². The Morgan fingerprint density at radius 3 is 2.52 bits per heavy atom. The molecule has 0 bridgehead atoms. The third-order valence-electron chi connectivity index (χ3n) is 5.61. The number of ether oxygens (including phenoxy) is 1. The lowest BCUT2D eigenvalue weighted by Gasteiger charge is -2.45. The average Bonchev–Trinajstić information content (AvgIpc) is 2.69. The second-order valence-corrected chi connectivity index (χ2v) is 13.2. The Morgan fingerprint density at radius 2 is 1.88 bits per heavy atom. The predicted octanol–water partition coefficient (Wildman–Crippen LogP) is 4.61. The monoisotopic (exact) mass is 359 g/mol. The molecule has 0 aromatic heterocycles. The van der Waals surface area contributed by atoms with Crippen LogP contribution < -0.4 is 0 Å². The maximum absolute atomic E-state index is 13.1. The van der Waals surface area contributed by atoms with Crippen molar-refractivity contribution in [2.24, 2.45) is 0 Å². The van der Waals surface area contributed by atoms with Crippen LogP contribution in [0.1, 0.15) is 45.3 Å². The van der Waals surface area contributed by atoms with Crippen molar-refractivity contribution in [3.8, 4) is 0 Å². The molecule has 1 aromatic carbocycles. The van der Waals surface area contributed by atoms with Crippen LogP contribution in [0.2, 0.25) is 18.1 Å². The molecule has 0 saturated carbocycles. The summed E-state index contributed by atoms with van der Waals surface area (Å²) in [5, 5.41) is 0.0460. The molecule has 2 aliphatic heterocycles. The second-order valence-electron chi connectivity index (χ2n) is 8.44. The molecule has 0 aliphatic carbocycles. The zero-order chi connectivity index (χ0) is 18.3. The van der Waals surface area contributed by atoms with E-state index in [1.165, 1.54) is 0 Å². The summed E-state index contributed by atoms with van der Waals surface area (Å²) in [5.41, 5.74) is 0.891. The predicted molar refractivity (Wildman–Crippen MR) is 101 cm³/mol. The zero-order valence-corrected chi connectivity index (χ0v) is 16.9. The van der Waals surface area contributed by atoms with Gasteiger partial charge in [-0.15, -0.1) is 0 Å². The number of carbonyl (C=O) groups is 1. The first-order valence-electron chi connectivity index (χ1n) is 9.06. The molecule has 1 aromatic rings. The molecule has 4 nitrogen and oxygen atoms in total. The highest BCUT2D eigenvalue weighted by Crippen LogP contribution is 2.47. The van der Waals surface area contributed by atoms with Crippen LogP contribution in [0, 0.1) is 0 Å². The van der Waals surface area contributed by atoms with Gasteiger partial charge in [0.2, 0.25) is 5.91 Å². The highest BCUT2D eigenvalue weighted by molar-refractivity contribution is 6.74. The number of carbonyl (C=O) groups excluding carboxylic acids is 1. The highest BCUT2D eigenvalue weighted by Gasteiger charge is 2.57. The van der Waals surface area contributed by atoms with Crippen LogP contribution in [0.25, 0.3) is 0 Å². The summed E-state index contributed by atoms with van der Waals surface area (Å²) in [6.07, 6.45) is 5.09. The number of allylic oxidation sites excluding steroid dienone is 1. The summed E-state index contributed by atoms with van der Waals surface area (Å²) >= 11 is 0. The molecule has 136 valence electrons. The van der Waals surface area contributed by atoms with Crippen molar-refractivity contribution in [2.75, 3.05) is 6.54 Å². The minimum absolute atomic E-state index is 0.00328. The summed E-state index contributed by atoms with van der Waals surface area (Å²) < 4.78 is 13.1. The van der Waals surface area contributed by atoms with E-state index in [0.29, 0.717) is 13.0 Å². The molecular formula is C20H29NO3Si. The SMILES string of the molecule is CC(C)(C)[Si](C)(C)OC12CCC=CCN1C(=O)C(c1ccccc1)O2. The lowest BCUT2D eigenvalue weighted by atomic mass is 10.1. The van der Waals surface area contributed by atoms with Gasteiger partial charge in [-0.2, -0.15) is 0 Å². The lowest BCUT2D eigenvalue weighted by Crippen LogP contribution is -2.56. The standard InChI is InChI=1S/C20H29NO3Si/c1-19(2,3)25(4,5)24-20-14-10-7-11-15-21(20)18(22)17(23-20)16-12-8-6-9-13-16/h6-9,11-13,17H,10,14-15H2,1-5H3. The van der Waals surface area contributed by atoms with E-state index in [0.717, 1.165) is 12.0 Å². The van der Waals surface area contributed by atoms with Gasteiger partial charge in [-0.05, 0) is 30.1 Å². The number of benzene rings is 1. The summed E-state index contributed by atoms with van der Waals surface area (Å²) in [6, 6.07) is 9.73. The fourth-order valence-corrected chi connectivity index (χ4v) is 4.48. The van der Waals surface area contributed by atoms with Crippen LogP contribution in [-0.4, -0.2) is 31.6 Å². The van der Waals surface area contributed by atoms with Crippen molar-refractivity contribution in [3.63, 3.8) is 0 Å². The maximum atomic E-state index is 13.1. The molecule has 1 fully saturated rings. The molecular weight excluding hydrogens is 330 g/mol. The summed E-state index contributed by atoms with van der Waals surface area (Å²) in [7, 11) is -2.12. The highest BCUT2D eigenvalue weighted by atomic mass is 28.4. The summed E-state index contributed by atoms with van der Waals surface area (Å²) in [4.78, 5) is 14.9. The van der Waals surface area contributed by atoms with Gasteiger partial charge in [0.05, 0.1) is 0 Å². The van der Waals surface area contributed by atoms with E-state index in [-0.39, 0.29) is 10.9 Å². The Morgan fingerprint density at radius 1 is 1.20 bits per heavy atom. The Balaban J connectivity index is 1.98. The number of nitrogens with zero attached hydrogens (tertiary/aromatic N) is 1. The molecule has 0 N–H and O–H groups in total. The number of amides is 1. The third-order valence-corrected chi connectivity index (χ3v) is 10.0. The maximum Gasteiger partial charge on any atom is 0.260 e. The summed E-state index contributed by atoms with van der Waals surface area (Å²) in [5.74, 6) is -0.958. The Kier molecular flexibility index (Phi) is 4.68. The second kappa shape index (κ2) is 6.38. The number of hydrogen-bond donors (Lipinski definition) is 0. The van der Waals surface area contributed by atoms with Crippen molar-refractivity contribution in [2.45, 2.75) is 63.8 Å². The first-order valence-corrected chi connectivity index (χ1v) is 12.0. The fourth-order valence-electron chi connectivity index (χ4n) is 3.11. The van der Waals surface area contributed by atoms with Crippen molar-refractivity contribution in [1.82, 2.24) is 4.90 Å². The van der Waals surface area contributed by atoms with Crippen molar-refractivity contribution < 1.29 is 14.0 Å². The smallest absolute Gasteiger partial charge is 0.260 e. The zero-order valence-electron chi connectivity index (χ0n) is 15.9. The molecule has 5 heteroatoms. The van der Waals surface area contributed by atoms with Crippen LogP contribution in [0.4, 0.5) is 0 Å².